The van der Waals surface area contributed by atoms with Crippen molar-refractivity contribution >= 4 is 17.5 Å². The third-order valence-corrected chi connectivity index (χ3v) is 6.52. The van der Waals surface area contributed by atoms with Gasteiger partial charge in [0.2, 0.25) is 0 Å². The topological polar surface area (TPSA) is 78.6 Å². The molecular formula is C27H28N4O4. The van der Waals surface area contributed by atoms with E-state index >= 15 is 0 Å². The molecule has 3 aromatic rings. The fourth-order valence-electron chi connectivity index (χ4n) is 4.56. The number of amides is 2. The SMILES string of the molecule is COc1ccc(C2CC(c3ccccc3)=NN2C(=O)CN2CCN(C(=O)c3ccco3)CC2)cc1. The van der Waals surface area contributed by atoms with E-state index in [9.17, 15) is 9.59 Å². The van der Waals surface area contributed by atoms with Crippen molar-refractivity contribution in [3.05, 3.63) is 89.9 Å². The quantitative estimate of drug-likeness (QED) is 0.549. The van der Waals surface area contributed by atoms with Gasteiger partial charge in [-0.2, -0.15) is 5.10 Å². The average molecular weight is 473 g/mol. The molecule has 0 bridgehead atoms. The van der Waals surface area contributed by atoms with Gasteiger partial charge in [0.05, 0.1) is 31.7 Å². The molecule has 8 nitrogen and oxygen atoms in total. The second kappa shape index (κ2) is 10.1. The number of rotatable bonds is 6. The maximum Gasteiger partial charge on any atom is 0.289 e. The highest BCUT2D eigenvalue weighted by atomic mass is 16.5. The first kappa shape index (κ1) is 22.9. The Kier molecular flexibility index (Phi) is 6.63. The van der Waals surface area contributed by atoms with Crippen molar-refractivity contribution in [2.45, 2.75) is 12.5 Å². The zero-order chi connectivity index (χ0) is 24.2. The highest BCUT2D eigenvalue weighted by Crippen LogP contribution is 2.33. The monoisotopic (exact) mass is 472 g/mol. The van der Waals surface area contributed by atoms with Crippen LogP contribution in [0.4, 0.5) is 0 Å². The lowest BCUT2D eigenvalue weighted by Gasteiger charge is -2.34. The second-order valence-corrected chi connectivity index (χ2v) is 8.69. The summed E-state index contributed by atoms with van der Waals surface area (Å²) in [6.45, 7) is 2.59. The van der Waals surface area contributed by atoms with Crippen LogP contribution in [0, 0.1) is 0 Å². The lowest BCUT2D eigenvalue weighted by Crippen LogP contribution is -2.51. The average Bonchev–Trinajstić information content (AvgIpc) is 3.60. The maximum atomic E-state index is 13.5. The Labute approximate surface area is 204 Å². The maximum absolute atomic E-state index is 13.5. The molecule has 0 N–H and O–H groups in total. The fraction of sp³-hybridized carbons (Fsp3) is 0.296. The number of hydrazone groups is 1. The van der Waals surface area contributed by atoms with E-state index in [0.29, 0.717) is 38.4 Å². The first-order valence-electron chi connectivity index (χ1n) is 11.8. The van der Waals surface area contributed by atoms with Crippen LogP contribution in [0.15, 0.2) is 82.5 Å². The highest BCUT2D eigenvalue weighted by Gasteiger charge is 2.34. The van der Waals surface area contributed by atoms with Crippen LogP contribution in [0.2, 0.25) is 0 Å². The molecule has 2 amide bonds. The minimum Gasteiger partial charge on any atom is -0.497 e. The van der Waals surface area contributed by atoms with Gasteiger partial charge in [-0.1, -0.05) is 42.5 Å². The summed E-state index contributed by atoms with van der Waals surface area (Å²) in [7, 11) is 1.64. The molecule has 5 rings (SSSR count). The number of piperazine rings is 1. The van der Waals surface area contributed by atoms with Crippen LogP contribution in [0.25, 0.3) is 0 Å². The Morgan fingerprint density at radius 3 is 2.37 bits per heavy atom. The van der Waals surface area contributed by atoms with Crippen LogP contribution in [0.5, 0.6) is 5.75 Å². The molecule has 1 aromatic heterocycles. The number of hydrogen-bond donors (Lipinski definition) is 0. The van der Waals surface area contributed by atoms with Crippen molar-refractivity contribution in [3.8, 4) is 5.75 Å². The van der Waals surface area contributed by atoms with Gasteiger partial charge < -0.3 is 14.1 Å². The van der Waals surface area contributed by atoms with E-state index in [1.165, 1.54) is 6.26 Å². The summed E-state index contributed by atoms with van der Waals surface area (Å²) in [5, 5.41) is 6.40. The molecule has 0 spiro atoms. The Bertz CT molecular complexity index is 1180. The van der Waals surface area contributed by atoms with Crippen LogP contribution >= 0.6 is 0 Å². The van der Waals surface area contributed by atoms with E-state index < -0.39 is 0 Å². The molecule has 1 saturated heterocycles. The number of carbonyl (C=O) groups excluding carboxylic acids is 2. The molecule has 1 atom stereocenters. The van der Waals surface area contributed by atoms with Gasteiger partial charge in [0.25, 0.3) is 11.8 Å². The summed E-state index contributed by atoms with van der Waals surface area (Å²) in [5.74, 6) is 0.951. The molecule has 0 saturated carbocycles. The van der Waals surface area contributed by atoms with E-state index in [2.05, 4.69) is 4.90 Å². The number of ether oxygens (including phenoxy) is 1. The zero-order valence-electron chi connectivity index (χ0n) is 19.7. The lowest BCUT2D eigenvalue weighted by atomic mass is 9.98. The van der Waals surface area contributed by atoms with Crippen molar-refractivity contribution in [3.63, 3.8) is 0 Å². The molecule has 2 aromatic carbocycles. The molecule has 0 radical (unpaired) electrons. The Morgan fingerprint density at radius 2 is 1.71 bits per heavy atom. The normalized spacial score (nSPS) is 18.4. The summed E-state index contributed by atoms with van der Waals surface area (Å²) in [6, 6.07) is 21.0. The van der Waals surface area contributed by atoms with Gasteiger partial charge in [-0.3, -0.25) is 14.5 Å². The van der Waals surface area contributed by atoms with E-state index in [1.54, 1.807) is 29.2 Å². The Balaban J connectivity index is 1.28. The van der Waals surface area contributed by atoms with Crippen LogP contribution in [0.3, 0.4) is 0 Å². The molecule has 2 aliphatic rings. The molecular weight excluding hydrogens is 444 g/mol. The van der Waals surface area contributed by atoms with Crippen LogP contribution < -0.4 is 4.74 Å². The van der Waals surface area contributed by atoms with Gasteiger partial charge in [0.1, 0.15) is 5.75 Å². The third kappa shape index (κ3) is 4.97. The van der Waals surface area contributed by atoms with Crippen molar-refractivity contribution in [2.24, 2.45) is 5.10 Å². The van der Waals surface area contributed by atoms with E-state index in [4.69, 9.17) is 14.3 Å². The molecule has 180 valence electrons. The standard InChI is InChI=1S/C27H28N4O4/c1-34-22-11-9-21(10-12-22)24-18-23(20-6-3-2-4-7-20)28-31(24)26(32)19-29-13-15-30(16-14-29)27(33)25-8-5-17-35-25/h2-12,17,24H,13-16,18-19H2,1H3. The summed E-state index contributed by atoms with van der Waals surface area (Å²) < 4.78 is 10.5. The zero-order valence-corrected chi connectivity index (χ0v) is 19.7. The van der Waals surface area contributed by atoms with Gasteiger partial charge in [0.15, 0.2) is 5.76 Å². The Morgan fingerprint density at radius 1 is 0.971 bits per heavy atom. The first-order valence-corrected chi connectivity index (χ1v) is 11.8. The minimum absolute atomic E-state index is 0.0532. The van der Waals surface area contributed by atoms with E-state index in [1.807, 2.05) is 54.6 Å². The van der Waals surface area contributed by atoms with Gasteiger partial charge in [-0.05, 0) is 35.4 Å². The molecule has 1 fully saturated rings. The van der Waals surface area contributed by atoms with Gasteiger partial charge in [-0.25, -0.2) is 5.01 Å². The van der Waals surface area contributed by atoms with Crippen molar-refractivity contribution in [1.82, 2.24) is 14.8 Å². The smallest absolute Gasteiger partial charge is 0.289 e. The van der Waals surface area contributed by atoms with Gasteiger partial charge >= 0.3 is 0 Å². The summed E-state index contributed by atoms with van der Waals surface area (Å²) in [4.78, 5) is 29.8. The lowest BCUT2D eigenvalue weighted by molar-refractivity contribution is -0.134. The van der Waals surface area contributed by atoms with E-state index in [0.717, 1.165) is 22.6 Å². The molecule has 2 aliphatic heterocycles. The molecule has 0 aliphatic carbocycles. The molecule has 1 unspecified atom stereocenters. The van der Waals surface area contributed by atoms with E-state index in [-0.39, 0.29) is 24.4 Å². The van der Waals surface area contributed by atoms with Crippen molar-refractivity contribution < 1.29 is 18.7 Å². The summed E-state index contributed by atoms with van der Waals surface area (Å²) in [5.41, 5.74) is 2.93. The molecule has 3 heterocycles. The number of methoxy groups -OCH3 is 1. The number of carbonyl (C=O) groups is 2. The predicted octanol–water partition coefficient (Wildman–Crippen LogP) is 3.42. The predicted molar refractivity (Wildman–Crippen MR) is 131 cm³/mol. The largest absolute Gasteiger partial charge is 0.497 e. The fourth-order valence-corrected chi connectivity index (χ4v) is 4.56. The van der Waals surface area contributed by atoms with Crippen molar-refractivity contribution in [2.75, 3.05) is 39.8 Å². The van der Waals surface area contributed by atoms with Crippen LogP contribution in [-0.2, 0) is 4.79 Å². The van der Waals surface area contributed by atoms with Crippen LogP contribution in [-0.4, -0.2) is 72.2 Å². The number of nitrogens with zero attached hydrogens (tertiary/aromatic N) is 4. The summed E-state index contributed by atoms with van der Waals surface area (Å²) in [6.07, 6.45) is 2.15. The Hall–Kier alpha value is -3.91. The number of furan rings is 1. The van der Waals surface area contributed by atoms with Crippen LogP contribution in [0.1, 0.15) is 34.1 Å². The molecule has 35 heavy (non-hydrogen) atoms. The van der Waals surface area contributed by atoms with Gasteiger partial charge in [-0.15, -0.1) is 0 Å². The number of hydrogen-bond acceptors (Lipinski definition) is 6. The molecule has 8 heteroatoms. The highest BCUT2D eigenvalue weighted by molar-refractivity contribution is 6.03. The van der Waals surface area contributed by atoms with Crippen molar-refractivity contribution in [1.29, 1.82) is 0 Å². The summed E-state index contributed by atoms with van der Waals surface area (Å²) >= 11 is 0. The van der Waals surface area contributed by atoms with Gasteiger partial charge in [0, 0.05) is 32.6 Å². The number of benzene rings is 2. The second-order valence-electron chi connectivity index (χ2n) is 8.69. The minimum atomic E-state index is -0.176. The third-order valence-electron chi connectivity index (χ3n) is 6.52. The first-order chi connectivity index (χ1) is 17.1.